The quantitative estimate of drug-likeness (QED) is 0.378. The molecule has 0 amide bonds. The molecule has 0 saturated heterocycles. The molecular weight excluding hydrogens is 444 g/mol. The number of aromatic nitrogens is 3. The van der Waals surface area contributed by atoms with Crippen molar-refractivity contribution in [2.75, 3.05) is 18.7 Å². The van der Waals surface area contributed by atoms with Gasteiger partial charge in [0, 0.05) is 11.1 Å². The number of anilines is 1. The number of nitrogens with zero attached hydrogens (tertiary/aromatic N) is 3. The van der Waals surface area contributed by atoms with Gasteiger partial charge >= 0.3 is 0 Å². The third-order valence-corrected chi connectivity index (χ3v) is 6.86. The van der Waals surface area contributed by atoms with Gasteiger partial charge in [0.25, 0.3) is 0 Å². The summed E-state index contributed by atoms with van der Waals surface area (Å²) < 4.78 is 14.1. The summed E-state index contributed by atoms with van der Waals surface area (Å²) in [5.41, 5.74) is 6.56. The minimum atomic E-state index is -0.278. The van der Waals surface area contributed by atoms with Gasteiger partial charge in [-0.15, -0.1) is 5.10 Å². The van der Waals surface area contributed by atoms with Crippen LogP contribution in [-0.2, 0) is 0 Å². The average Bonchev–Trinajstić information content (AvgIpc) is 3.30. The lowest BCUT2D eigenvalue weighted by Crippen LogP contribution is -2.32. The molecule has 0 bridgehead atoms. The largest absolute Gasteiger partial charge is 0.497 e. The molecule has 0 spiro atoms. The van der Waals surface area contributed by atoms with E-state index in [2.05, 4.69) is 54.7 Å². The molecular formula is C27H24N4O2S. The van der Waals surface area contributed by atoms with Crippen LogP contribution < -0.4 is 14.8 Å². The lowest BCUT2D eigenvalue weighted by molar-refractivity contribution is 0.223. The van der Waals surface area contributed by atoms with E-state index in [4.69, 9.17) is 19.6 Å². The maximum Gasteiger partial charge on any atom is 0.227 e. The number of fused-ring (bicyclic) bond motifs is 3. The number of rotatable bonds is 4. The van der Waals surface area contributed by atoms with Crippen LogP contribution in [0, 0.1) is 6.92 Å². The molecule has 4 aromatic rings. The Bertz CT molecular complexity index is 1410. The fourth-order valence-electron chi connectivity index (χ4n) is 4.76. The van der Waals surface area contributed by atoms with E-state index in [9.17, 15) is 0 Å². The molecule has 2 atom stereocenters. The zero-order valence-corrected chi connectivity index (χ0v) is 20.0. The summed E-state index contributed by atoms with van der Waals surface area (Å²) in [6.45, 7) is 2.11. The number of hydrogen-bond donors (Lipinski definition) is 1. The Labute approximate surface area is 202 Å². The first-order valence-electron chi connectivity index (χ1n) is 11.1. The second-order valence-corrected chi connectivity index (χ2v) is 9.18. The van der Waals surface area contributed by atoms with E-state index < -0.39 is 0 Å². The number of nitrogens with one attached hydrogen (secondary N) is 1. The molecule has 0 aliphatic carbocycles. The Kier molecular flexibility index (Phi) is 5.07. The predicted octanol–water partition coefficient (Wildman–Crippen LogP) is 5.88. The second kappa shape index (κ2) is 8.25. The summed E-state index contributed by atoms with van der Waals surface area (Å²) in [5, 5.41) is 9.17. The highest BCUT2D eigenvalue weighted by atomic mass is 32.2. The van der Waals surface area contributed by atoms with E-state index >= 15 is 0 Å². The van der Waals surface area contributed by atoms with Crippen molar-refractivity contribution in [2.24, 2.45) is 0 Å². The molecule has 2 aliphatic heterocycles. The molecule has 1 N–H and O–H groups in total. The lowest BCUT2D eigenvalue weighted by Gasteiger charge is -2.39. The van der Waals surface area contributed by atoms with Gasteiger partial charge in [0.15, 0.2) is 0 Å². The minimum Gasteiger partial charge on any atom is -0.497 e. The Balaban J connectivity index is 1.62. The Morgan fingerprint density at radius 3 is 2.59 bits per heavy atom. The molecule has 0 saturated carbocycles. The summed E-state index contributed by atoms with van der Waals surface area (Å²) in [7, 11) is 1.68. The molecule has 34 heavy (non-hydrogen) atoms. The van der Waals surface area contributed by atoms with Gasteiger partial charge < -0.3 is 14.8 Å². The number of methoxy groups -OCH3 is 1. The van der Waals surface area contributed by atoms with Gasteiger partial charge in [0.2, 0.25) is 11.1 Å². The van der Waals surface area contributed by atoms with Crippen LogP contribution in [0.1, 0.15) is 34.4 Å². The fourth-order valence-corrected chi connectivity index (χ4v) is 5.11. The highest BCUT2D eigenvalue weighted by Crippen LogP contribution is 2.51. The van der Waals surface area contributed by atoms with Crippen molar-refractivity contribution in [3.8, 4) is 11.5 Å². The normalized spacial score (nSPS) is 18.3. The Morgan fingerprint density at radius 2 is 1.82 bits per heavy atom. The number of benzene rings is 3. The average molecular weight is 469 g/mol. The number of thioether (sulfide) groups is 1. The first kappa shape index (κ1) is 20.9. The van der Waals surface area contributed by atoms with Crippen LogP contribution in [0.5, 0.6) is 11.5 Å². The molecule has 3 aromatic carbocycles. The van der Waals surface area contributed by atoms with Crippen LogP contribution in [-0.4, -0.2) is 28.1 Å². The number of ether oxygens (including phenoxy) is 2. The van der Waals surface area contributed by atoms with E-state index in [1.165, 1.54) is 17.3 Å². The van der Waals surface area contributed by atoms with Crippen molar-refractivity contribution >= 4 is 23.4 Å². The molecule has 6 nitrogen and oxygen atoms in total. The minimum absolute atomic E-state index is 0.190. The highest BCUT2D eigenvalue weighted by Gasteiger charge is 2.41. The summed E-state index contributed by atoms with van der Waals surface area (Å²) in [5.74, 6) is 2.39. The number of para-hydroxylation sites is 1. The van der Waals surface area contributed by atoms with E-state index in [1.807, 2.05) is 41.3 Å². The molecule has 7 heteroatoms. The fraction of sp³-hybridized carbons (Fsp3) is 0.185. The third-order valence-electron chi connectivity index (χ3n) is 6.32. The second-order valence-electron chi connectivity index (χ2n) is 8.41. The number of aryl methyl sites for hydroxylation is 1. The van der Waals surface area contributed by atoms with Gasteiger partial charge in [-0.05, 0) is 48.6 Å². The number of hydrogen-bond acceptors (Lipinski definition) is 6. The summed E-state index contributed by atoms with van der Waals surface area (Å²) >= 11 is 1.53. The van der Waals surface area contributed by atoms with E-state index in [1.54, 1.807) is 7.11 Å². The first-order chi connectivity index (χ1) is 16.7. The van der Waals surface area contributed by atoms with Gasteiger partial charge in [0.05, 0.1) is 12.8 Å². The van der Waals surface area contributed by atoms with Gasteiger partial charge in [-0.1, -0.05) is 65.9 Å². The molecule has 6 rings (SSSR count). The van der Waals surface area contributed by atoms with E-state index in [0.29, 0.717) is 0 Å². The van der Waals surface area contributed by atoms with Crippen molar-refractivity contribution in [1.29, 1.82) is 0 Å². The monoisotopic (exact) mass is 468 g/mol. The zero-order chi connectivity index (χ0) is 23.2. The molecule has 0 unspecified atom stereocenters. The maximum absolute atomic E-state index is 6.70. The Hall–Kier alpha value is -3.71. The molecule has 3 heterocycles. The summed E-state index contributed by atoms with van der Waals surface area (Å²) in [6, 6.07) is 24.7. The van der Waals surface area contributed by atoms with E-state index in [0.717, 1.165) is 50.6 Å². The van der Waals surface area contributed by atoms with Gasteiger partial charge in [-0.3, -0.25) is 0 Å². The maximum atomic E-state index is 6.70. The SMILES string of the molecule is COc1ccc([C@@H]2C3=C(Nc4nc(SC)nn42)c2ccccc2O[C@H]3c2cccc(C)c2)cc1. The van der Waals surface area contributed by atoms with Crippen molar-refractivity contribution < 1.29 is 9.47 Å². The molecule has 170 valence electrons. The van der Waals surface area contributed by atoms with Gasteiger partial charge in [-0.25, -0.2) is 4.68 Å². The molecule has 0 radical (unpaired) electrons. The molecule has 1 aromatic heterocycles. The third kappa shape index (κ3) is 3.35. The van der Waals surface area contributed by atoms with Crippen LogP contribution in [0.4, 0.5) is 5.95 Å². The van der Waals surface area contributed by atoms with Crippen LogP contribution in [0.25, 0.3) is 5.70 Å². The summed E-state index contributed by atoms with van der Waals surface area (Å²) in [4.78, 5) is 4.76. The van der Waals surface area contributed by atoms with Crippen LogP contribution in [0.15, 0.2) is 83.5 Å². The van der Waals surface area contributed by atoms with Gasteiger partial charge in [-0.2, -0.15) is 4.98 Å². The molecule has 0 fully saturated rings. The molecule has 2 aliphatic rings. The Morgan fingerprint density at radius 1 is 1.00 bits per heavy atom. The zero-order valence-electron chi connectivity index (χ0n) is 19.1. The van der Waals surface area contributed by atoms with Gasteiger partial charge in [0.1, 0.15) is 23.6 Å². The highest BCUT2D eigenvalue weighted by molar-refractivity contribution is 7.98. The topological polar surface area (TPSA) is 61.2 Å². The lowest BCUT2D eigenvalue weighted by atomic mass is 9.84. The van der Waals surface area contributed by atoms with E-state index in [-0.39, 0.29) is 12.1 Å². The van der Waals surface area contributed by atoms with Crippen molar-refractivity contribution in [3.63, 3.8) is 0 Å². The van der Waals surface area contributed by atoms with Crippen molar-refractivity contribution in [2.45, 2.75) is 24.2 Å². The van der Waals surface area contributed by atoms with Crippen LogP contribution >= 0.6 is 11.8 Å². The first-order valence-corrected chi connectivity index (χ1v) is 12.4. The van der Waals surface area contributed by atoms with Crippen LogP contribution in [0.3, 0.4) is 0 Å². The van der Waals surface area contributed by atoms with Crippen LogP contribution in [0.2, 0.25) is 0 Å². The van der Waals surface area contributed by atoms with Crippen molar-refractivity contribution in [3.05, 3.63) is 101 Å². The summed E-state index contributed by atoms with van der Waals surface area (Å²) in [6.07, 6.45) is 1.71. The standard InChI is InChI=1S/C27H24N4O2S/c1-16-7-6-8-18(15-16)25-22-23(20-9-4-5-10-21(20)33-25)28-26-29-27(34-3)30-31(26)24(22)17-11-13-19(32-2)14-12-17/h4-15,24-25H,1-3H3,(H,28,29,30)/t24-,25+/m1/s1. The smallest absolute Gasteiger partial charge is 0.227 e. The van der Waals surface area contributed by atoms with Crippen molar-refractivity contribution in [1.82, 2.24) is 14.8 Å². The predicted molar refractivity (Wildman–Crippen MR) is 134 cm³/mol.